The van der Waals surface area contributed by atoms with E-state index in [-0.39, 0.29) is 12.1 Å². The second kappa shape index (κ2) is 8.49. The SMILES string of the molecule is CC1(C)Cc2c(ccc(OC3CCC(N)CC3)c2NS(=O)(=O)CCO)-c2ncnc(N)c21. The average molecular weight is 462 g/mol. The number of aromatic nitrogens is 2. The lowest BCUT2D eigenvalue weighted by Crippen LogP contribution is -2.32. The quantitative estimate of drug-likeness (QED) is 0.509. The van der Waals surface area contributed by atoms with Crippen LogP contribution in [0.25, 0.3) is 11.3 Å². The van der Waals surface area contributed by atoms with E-state index in [0.717, 1.165) is 42.4 Å². The van der Waals surface area contributed by atoms with E-state index in [1.54, 1.807) is 6.07 Å². The maximum Gasteiger partial charge on any atom is 0.235 e. The molecule has 0 spiro atoms. The van der Waals surface area contributed by atoms with Crippen LogP contribution in [0.2, 0.25) is 0 Å². The Morgan fingerprint density at radius 2 is 1.94 bits per heavy atom. The van der Waals surface area contributed by atoms with Crippen LogP contribution in [-0.4, -0.2) is 48.0 Å². The topological polar surface area (TPSA) is 153 Å². The second-order valence-corrected chi connectivity index (χ2v) is 11.1. The number of hydrogen-bond acceptors (Lipinski definition) is 8. The highest BCUT2D eigenvalue weighted by molar-refractivity contribution is 7.92. The summed E-state index contributed by atoms with van der Waals surface area (Å²) in [5.74, 6) is 0.502. The minimum atomic E-state index is -3.77. The number of aliphatic hydroxyl groups is 1. The molecule has 0 aliphatic heterocycles. The van der Waals surface area contributed by atoms with Crippen LogP contribution in [0.5, 0.6) is 5.75 Å². The maximum absolute atomic E-state index is 12.6. The molecule has 1 heterocycles. The molecule has 0 radical (unpaired) electrons. The van der Waals surface area contributed by atoms with Crippen LogP contribution in [-0.2, 0) is 21.9 Å². The van der Waals surface area contributed by atoms with Crippen LogP contribution in [0.15, 0.2) is 18.5 Å². The Hall–Kier alpha value is -2.43. The number of hydrogen-bond donors (Lipinski definition) is 4. The highest BCUT2D eigenvalue weighted by Gasteiger charge is 2.37. The molecule has 0 saturated heterocycles. The number of rotatable bonds is 6. The number of nitrogens with zero attached hydrogens (tertiary/aromatic N) is 2. The number of aliphatic hydroxyl groups excluding tert-OH is 1. The number of ether oxygens (including phenoxy) is 1. The number of nitrogens with one attached hydrogen (secondary N) is 1. The Balaban J connectivity index is 1.83. The lowest BCUT2D eigenvalue weighted by Gasteiger charge is -2.36. The van der Waals surface area contributed by atoms with E-state index in [1.165, 1.54) is 6.33 Å². The van der Waals surface area contributed by atoms with Crippen LogP contribution in [0.3, 0.4) is 0 Å². The summed E-state index contributed by atoms with van der Waals surface area (Å²) in [6, 6.07) is 3.87. The van der Waals surface area contributed by atoms with Crippen LogP contribution in [0, 0.1) is 0 Å². The van der Waals surface area contributed by atoms with Crippen LogP contribution in [0.1, 0.15) is 50.7 Å². The van der Waals surface area contributed by atoms with Gasteiger partial charge in [-0.3, -0.25) is 4.72 Å². The zero-order valence-corrected chi connectivity index (χ0v) is 19.3. The second-order valence-electron chi connectivity index (χ2n) is 9.31. The number of benzene rings is 1. The van der Waals surface area contributed by atoms with Gasteiger partial charge < -0.3 is 21.3 Å². The summed E-state index contributed by atoms with van der Waals surface area (Å²) in [4.78, 5) is 8.64. The van der Waals surface area contributed by atoms with Crippen molar-refractivity contribution in [2.24, 2.45) is 5.73 Å². The highest BCUT2D eigenvalue weighted by atomic mass is 32.2. The summed E-state index contributed by atoms with van der Waals surface area (Å²) >= 11 is 0. The molecular formula is C22H31N5O4S. The lowest BCUT2D eigenvalue weighted by molar-refractivity contribution is 0.148. The summed E-state index contributed by atoms with van der Waals surface area (Å²) in [5, 5.41) is 9.22. The van der Waals surface area contributed by atoms with Gasteiger partial charge in [0.15, 0.2) is 0 Å². The first-order chi connectivity index (χ1) is 15.1. The van der Waals surface area contributed by atoms with Gasteiger partial charge in [0.1, 0.15) is 17.9 Å². The molecule has 9 nitrogen and oxygen atoms in total. The zero-order chi connectivity index (χ0) is 23.1. The Labute approximate surface area is 188 Å². The number of sulfonamides is 1. The molecule has 1 aromatic heterocycles. The molecule has 10 heteroatoms. The Morgan fingerprint density at radius 3 is 2.62 bits per heavy atom. The van der Waals surface area contributed by atoms with E-state index in [0.29, 0.717) is 29.4 Å². The summed E-state index contributed by atoms with van der Waals surface area (Å²) in [7, 11) is -3.77. The van der Waals surface area contributed by atoms with Gasteiger partial charge in [-0.05, 0) is 55.2 Å². The highest BCUT2D eigenvalue weighted by Crippen LogP contribution is 2.49. The molecule has 2 aliphatic rings. The Bertz CT molecular complexity index is 1110. The largest absolute Gasteiger partial charge is 0.488 e. The maximum atomic E-state index is 12.6. The molecule has 1 aromatic carbocycles. The van der Waals surface area contributed by atoms with Gasteiger partial charge >= 0.3 is 0 Å². The third-order valence-corrected chi connectivity index (χ3v) is 7.57. The van der Waals surface area contributed by atoms with Crippen molar-refractivity contribution < 1.29 is 18.3 Å². The Morgan fingerprint density at radius 1 is 1.22 bits per heavy atom. The van der Waals surface area contributed by atoms with E-state index < -0.39 is 27.8 Å². The molecule has 0 unspecified atom stereocenters. The molecule has 0 amide bonds. The van der Waals surface area contributed by atoms with Gasteiger partial charge in [-0.1, -0.05) is 13.8 Å². The van der Waals surface area contributed by atoms with Gasteiger partial charge in [-0.25, -0.2) is 18.4 Å². The molecular weight excluding hydrogens is 430 g/mol. The predicted octanol–water partition coefficient (Wildman–Crippen LogP) is 1.94. The minimum absolute atomic E-state index is 0.0317. The molecule has 4 rings (SSSR count). The third kappa shape index (κ3) is 4.39. The van der Waals surface area contributed by atoms with Crippen molar-refractivity contribution in [2.75, 3.05) is 22.8 Å². The minimum Gasteiger partial charge on any atom is -0.488 e. The summed E-state index contributed by atoms with van der Waals surface area (Å²) < 4.78 is 34.3. The van der Waals surface area contributed by atoms with Crippen molar-refractivity contribution in [1.82, 2.24) is 9.97 Å². The lowest BCUT2D eigenvalue weighted by atomic mass is 9.71. The molecule has 1 fully saturated rings. The number of fused-ring (bicyclic) bond motifs is 3. The van der Waals surface area contributed by atoms with Gasteiger partial charge in [-0.15, -0.1) is 0 Å². The molecule has 6 N–H and O–H groups in total. The molecule has 2 aromatic rings. The zero-order valence-electron chi connectivity index (χ0n) is 18.5. The van der Waals surface area contributed by atoms with E-state index >= 15 is 0 Å². The molecule has 2 aliphatic carbocycles. The first-order valence-corrected chi connectivity index (χ1v) is 12.6. The number of anilines is 2. The van der Waals surface area contributed by atoms with Gasteiger partial charge in [0.25, 0.3) is 0 Å². The first-order valence-electron chi connectivity index (χ1n) is 10.9. The summed E-state index contributed by atoms with van der Waals surface area (Å²) in [5.41, 5.74) is 15.4. The fraction of sp³-hybridized carbons (Fsp3) is 0.545. The van der Waals surface area contributed by atoms with Crippen molar-refractivity contribution in [3.8, 4) is 17.0 Å². The Kier molecular flexibility index (Phi) is 6.04. The standard InChI is InChI=1S/C22H31N5O4S/c1-22(2)11-16-15(20-18(22)21(24)26-12-25-20)7-8-17(19(16)27-32(29,30)10-9-28)31-14-5-3-13(23)4-6-14/h7-8,12-14,27-28H,3-6,9-11,23H2,1-2H3,(H2,24,25,26). The van der Waals surface area contributed by atoms with Crippen molar-refractivity contribution in [3.63, 3.8) is 0 Å². The number of nitrogen functional groups attached to an aromatic ring is 1. The fourth-order valence-corrected chi connectivity index (χ4v) is 5.63. The van der Waals surface area contributed by atoms with Crippen molar-refractivity contribution >= 4 is 21.5 Å². The molecule has 174 valence electrons. The monoisotopic (exact) mass is 461 g/mol. The van der Waals surface area contributed by atoms with Crippen LogP contribution in [0.4, 0.5) is 11.5 Å². The van der Waals surface area contributed by atoms with E-state index in [4.69, 9.17) is 16.2 Å². The normalized spacial score (nSPS) is 22.0. The van der Waals surface area contributed by atoms with Crippen molar-refractivity contribution in [3.05, 3.63) is 29.6 Å². The van der Waals surface area contributed by atoms with Crippen molar-refractivity contribution in [2.45, 2.75) is 63.5 Å². The van der Waals surface area contributed by atoms with Crippen LogP contribution < -0.4 is 20.9 Å². The van der Waals surface area contributed by atoms with E-state index in [1.807, 2.05) is 19.9 Å². The predicted molar refractivity (Wildman–Crippen MR) is 124 cm³/mol. The van der Waals surface area contributed by atoms with E-state index in [9.17, 15) is 13.5 Å². The smallest absolute Gasteiger partial charge is 0.235 e. The fourth-order valence-electron chi connectivity index (χ4n) is 4.76. The molecule has 32 heavy (non-hydrogen) atoms. The van der Waals surface area contributed by atoms with Gasteiger partial charge in [0.05, 0.1) is 29.8 Å². The third-order valence-electron chi connectivity index (χ3n) is 6.33. The average Bonchev–Trinajstić information content (AvgIpc) is 2.71. The van der Waals surface area contributed by atoms with E-state index in [2.05, 4.69) is 14.7 Å². The van der Waals surface area contributed by atoms with Crippen LogP contribution >= 0.6 is 0 Å². The van der Waals surface area contributed by atoms with Gasteiger partial charge in [0, 0.05) is 17.2 Å². The van der Waals surface area contributed by atoms with Crippen molar-refractivity contribution in [1.29, 1.82) is 0 Å². The summed E-state index contributed by atoms with van der Waals surface area (Å²) in [6.07, 6.45) is 5.30. The number of nitrogens with two attached hydrogens (primary N) is 2. The molecule has 0 bridgehead atoms. The molecule has 1 saturated carbocycles. The first kappa shape index (κ1) is 22.8. The summed E-state index contributed by atoms with van der Waals surface area (Å²) in [6.45, 7) is 3.60. The van der Waals surface area contributed by atoms with Gasteiger partial charge in [0.2, 0.25) is 10.0 Å². The molecule has 0 atom stereocenters. The van der Waals surface area contributed by atoms with Gasteiger partial charge in [-0.2, -0.15) is 0 Å².